The third-order valence-corrected chi connectivity index (χ3v) is 4.21. The Hall–Kier alpha value is -2.80. The number of thioether (sulfide) groups is 1. The van der Waals surface area contributed by atoms with E-state index in [9.17, 15) is 9.59 Å². The van der Waals surface area contributed by atoms with Gasteiger partial charge in [-0.05, 0) is 24.3 Å². The highest BCUT2D eigenvalue weighted by atomic mass is 32.2. The number of benzene rings is 2. The molecule has 1 unspecified atom stereocenters. The maximum atomic E-state index is 12.1. The fraction of sp³-hybridized carbons (Fsp3) is 0.118. The van der Waals surface area contributed by atoms with Crippen molar-refractivity contribution in [1.82, 2.24) is 0 Å². The number of amidine groups is 1. The van der Waals surface area contributed by atoms with E-state index in [2.05, 4.69) is 10.3 Å². The molecule has 0 spiro atoms. The maximum absolute atomic E-state index is 12.1. The van der Waals surface area contributed by atoms with E-state index >= 15 is 0 Å². The zero-order chi connectivity index (χ0) is 16.9. The third kappa shape index (κ3) is 4.14. The molecule has 2 aromatic rings. The molecule has 7 heteroatoms. The number of anilines is 1. The summed E-state index contributed by atoms with van der Waals surface area (Å²) < 4.78 is 5.72. The van der Waals surface area contributed by atoms with Gasteiger partial charge in [0.05, 0.1) is 0 Å². The molecule has 24 heavy (non-hydrogen) atoms. The lowest BCUT2D eigenvalue weighted by Crippen LogP contribution is -2.21. The molecule has 0 bridgehead atoms. The number of rotatable bonds is 5. The van der Waals surface area contributed by atoms with E-state index in [1.807, 2.05) is 30.3 Å². The molecule has 0 radical (unpaired) electrons. The zero-order valence-electron chi connectivity index (χ0n) is 12.6. The summed E-state index contributed by atoms with van der Waals surface area (Å²) in [5, 5.41) is 2.41. The van der Waals surface area contributed by atoms with Gasteiger partial charge in [0.15, 0.2) is 5.17 Å². The number of hydrogen-bond donors (Lipinski definition) is 2. The molecule has 1 aliphatic heterocycles. The van der Waals surface area contributed by atoms with Crippen molar-refractivity contribution in [3.05, 3.63) is 54.6 Å². The van der Waals surface area contributed by atoms with Gasteiger partial charge in [-0.2, -0.15) is 4.99 Å². The van der Waals surface area contributed by atoms with Crippen molar-refractivity contribution < 1.29 is 14.3 Å². The van der Waals surface area contributed by atoms with E-state index in [-0.39, 0.29) is 23.4 Å². The fourth-order valence-electron chi connectivity index (χ4n) is 2.17. The van der Waals surface area contributed by atoms with E-state index in [1.54, 1.807) is 24.3 Å². The van der Waals surface area contributed by atoms with Crippen molar-refractivity contribution in [1.29, 1.82) is 0 Å². The highest BCUT2D eigenvalue weighted by molar-refractivity contribution is 8.15. The summed E-state index contributed by atoms with van der Waals surface area (Å²) in [6.07, 6.45) is 0.0253. The van der Waals surface area contributed by atoms with Gasteiger partial charge >= 0.3 is 0 Å². The monoisotopic (exact) mass is 341 g/mol. The molecule has 1 aliphatic rings. The lowest BCUT2D eigenvalue weighted by atomic mass is 10.2. The molecule has 6 nitrogen and oxygen atoms in total. The fourth-order valence-corrected chi connectivity index (χ4v) is 3.00. The first kappa shape index (κ1) is 16.1. The first-order valence-electron chi connectivity index (χ1n) is 7.27. The van der Waals surface area contributed by atoms with Crippen LogP contribution in [0.4, 0.5) is 5.69 Å². The minimum atomic E-state index is -0.547. The second kappa shape index (κ2) is 7.18. The van der Waals surface area contributed by atoms with Crippen LogP contribution in [0.1, 0.15) is 6.42 Å². The molecule has 3 N–H and O–H groups in total. The molecule has 0 saturated carbocycles. The van der Waals surface area contributed by atoms with Crippen molar-refractivity contribution in [2.45, 2.75) is 11.7 Å². The van der Waals surface area contributed by atoms with E-state index in [4.69, 9.17) is 10.5 Å². The van der Waals surface area contributed by atoms with Crippen LogP contribution in [0.5, 0.6) is 11.5 Å². The van der Waals surface area contributed by atoms with E-state index in [1.165, 1.54) is 0 Å². The quantitative estimate of drug-likeness (QED) is 0.872. The minimum absolute atomic E-state index is 0.0253. The summed E-state index contributed by atoms with van der Waals surface area (Å²) in [6, 6.07) is 16.4. The molecule has 1 atom stereocenters. The van der Waals surface area contributed by atoms with E-state index < -0.39 is 5.25 Å². The Morgan fingerprint density at radius 2 is 1.92 bits per heavy atom. The topological polar surface area (TPSA) is 93.8 Å². The number of carbonyl (C=O) groups is 2. The number of nitrogens with one attached hydrogen (secondary N) is 1. The van der Waals surface area contributed by atoms with Gasteiger partial charge in [0, 0.05) is 18.2 Å². The number of amides is 2. The molecule has 0 aliphatic carbocycles. The summed E-state index contributed by atoms with van der Waals surface area (Å²) in [5.74, 6) is 0.677. The van der Waals surface area contributed by atoms with Gasteiger partial charge in [0.2, 0.25) is 5.91 Å². The van der Waals surface area contributed by atoms with Gasteiger partial charge in [-0.1, -0.05) is 36.0 Å². The SMILES string of the molecule is NC1=NC(=O)C(CC(=O)Nc2cccc(Oc3ccccc3)c2)S1. The second-order valence-corrected chi connectivity index (χ2v) is 6.31. The van der Waals surface area contributed by atoms with Gasteiger partial charge in [0.25, 0.3) is 5.91 Å². The average molecular weight is 341 g/mol. The average Bonchev–Trinajstić information content (AvgIpc) is 2.86. The van der Waals surface area contributed by atoms with Crippen molar-refractivity contribution in [3.63, 3.8) is 0 Å². The van der Waals surface area contributed by atoms with Crippen LogP contribution < -0.4 is 15.8 Å². The molecule has 1 heterocycles. The smallest absolute Gasteiger partial charge is 0.262 e. The zero-order valence-corrected chi connectivity index (χ0v) is 13.5. The lowest BCUT2D eigenvalue weighted by molar-refractivity contribution is -0.121. The van der Waals surface area contributed by atoms with Crippen molar-refractivity contribution in [2.24, 2.45) is 10.7 Å². The van der Waals surface area contributed by atoms with Gasteiger partial charge in [-0.15, -0.1) is 0 Å². The molecule has 0 aromatic heterocycles. The standard InChI is InChI=1S/C17H15N3O3S/c18-17-20-16(22)14(24-17)10-15(21)19-11-5-4-8-13(9-11)23-12-6-2-1-3-7-12/h1-9,14H,10H2,(H,19,21)(H2,18,20,22). The van der Waals surface area contributed by atoms with Crippen LogP contribution in [-0.4, -0.2) is 22.2 Å². The van der Waals surface area contributed by atoms with Crippen molar-refractivity contribution in [3.8, 4) is 11.5 Å². The van der Waals surface area contributed by atoms with Crippen LogP contribution in [0.2, 0.25) is 0 Å². The number of hydrogen-bond acceptors (Lipinski definition) is 5. The van der Waals surface area contributed by atoms with Gasteiger partial charge in [-0.3, -0.25) is 9.59 Å². The minimum Gasteiger partial charge on any atom is -0.457 e. The highest BCUT2D eigenvalue weighted by Gasteiger charge is 2.29. The van der Waals surface area contributed by atoms with Crippen LogP contribution in [0.25, 0.3) is 0 Å². The third-order valence-electron chi connectivity index (χ3n) is 3.23. The molecule has 0 saturated heterocycles. The van der Waals surface area contributed by atoms with Crippen LogP contribution >= 0.6 is 11.8 Å². The Balaban J connectivity index is 1.60. The van der Waals surface area contributed by atoms with Crippen LogP contribution in [-0.2, 0) is 9.59 Å². The number of aliphatic imine (C=N–C) groups is 1. The maximum Gasteiger partial charge on any atom is 0.262 e. The lowest BCUT2D eigenvalue weighted by Gasteiger charge is -2.10. The predicted molar refractivity (Wildman–Crippen MR) is 94.2 cm³/mol. The van der Waals surface area contributed by atoms with Crippen LogP contribution in [0.3, 0.4) is 0 Å². The molecular formula is C17H15N3O3S. The number of nitrogens with two attached hydrogens (primary N) is 1. The first-order chi connectivity index (χ1) is 11.6. The Bertz CT molecular complexity index is 793. The molecule has 3 rings (SSSR count). The van der Waals surface area contributed by atoms with Gasteiger partial charge in [0.1, 0.15) is 16.7 Å². The molecule has 2 amide bonds. The van der Waals surface area contributed by atoms with Gasteiger partial charge in [-0.25, -0.2) is 0 Å². The molecule has 122 valence electrons. The highest BCUT2D eigenvalue weighted by Crippen LogP contribution is 2.25. The van der Waals surface area contributed by atoms with Crippen molar-refractivity contribution >= 4 is 34.4 Å². The summed E-state index contributed by atoms with van der Waals surface area (Å²) in [4.78, 5) is 27.2. The summed E-state index contributed by atoms with van der Waals surface area (Å²) in [5.41, 5.74) is 6.08. The van der Waals surface area contributed by atoms with Gasteiger partial charge < -0.3 is 15.8 Å². The van der Waals surface area contributed by atoms with Crippen LogP contribution in [0.15, 0.2) is 59.6 Å². The normalized spacial score (nSPS) is 16.6. The Morgan fingerprint density at radius 1 is 1.17 bits per heavy atom. The Kier molecular flexibility index (Phi) is 4.81. The second-order valence-electron chi connectivity index (χ2n) is 5.09. The number of para-hydroxylation sites is 1. The largest absolute Gasteiger partial charge is 0.457 e. The number of nitrogens with zero attached hydrogens (tertiary/aromatic N) is 1. The number of ether oxygens (including phenoxy) is 1. The first-order valence-corrected chi connectivity index (χ1v) is 8.15. The Labute approximate surface area is 143 Å². The summed E-state index contributed by atoms with van der Waals surface area (Å²) in [6.45, 7) is 0. The van der Waals surface area contributed by atoms with E-state index in [0.29, 0.717) is 17.2 Å². The van der Waals surface area contributed by atoms with Crippen LogP contribution in [0, 0.1) is 0 Å². The number of carbonyl (C=O) groups excluding carboxylic acids is 2. The summed E-state index contributed by atoms with van der Waals surface area (Å²) in [7, 11) is 0. The van der Waals surface area contributed by atoms with Crippen molar-refractivity contribution in [2.75, 3.05) is 5.32 Å². The Morgan fingerprint density at radius 3 is 2.62 bits per heavy atom. The van der Waals surface area contributed by atoms with E-state index in [0.717, 1.165) is 11.8 Å². The molecular weight excluding hydrogens is 326 g/mol. The predicted octanol–water partition coefficient (Wildman–Crippen LogP) is 2.76. The molecule has 2 aromatic carbocycles. The summed E-state index contributed by atoms with van der Waals surface area (Å²) >= 11 is 1.11. The molecule has 0 fully saturated rings.